The van der Waals surface area contributed by atoms with Gasteiger partial charge in [-0.15, -0.1) is 0 Å². The maximum Gasteiger partial charge on any atom is 0.416 e. The van der Waals surface area contributed by atoms with Crippen molar-refractivity contribution in [2.24, 2.45) is 5.10 Å². The molecule has 2 aromatic carbocycles. The van der Waals surface area contributed by atoms with Gasteiger partial charge in [-0.2, -0.15) is 18.3 Å². The number of nitrogens with zero attached hydrogens (tertiary/aromatic N) is 2. The summed E-state index contributed by atoms with van der Waals surface area (Å²) >= 11 is 0. The topological polar surface area (TPSA) is 46.4 Å². The number of hydrogen-bond acceptors (Lipinski definition) is 2. The van der Waals surface area contributed by atoms with E-state index in [1.807, 2.05) is 48.7 Å². The van der Waals surface area contributed by atoms with Gasteiger partial charge < -0.3 is 4.57 Å². The monoisotopic (exact) mass is 385 g/mol. The normalized spacial score (nSPS) is 11.8. The first kappa shape index (κ1) is 19.4. The Balaban J connectivity index is 1.73. The van der Waals surface area contributed by atoms with Crippen LogP contribution in [0.1, 0.15) is 32.9 Å². The van der Waals surface area contributed by atoms with Gasteiger partial charge in [0.05, 0.1) is 17.3 Å². The first-order valence-corrected chi connectivity index (χ1v) is 8.52. The van der Waals surface area contributed by atoms with Crippen LogP contribution >= 0.6 is 0 Å². The minimum Gasteiger partial charge on any atom is -0.318 e. The minimum atomic E-state index is -4.38. The van der Waals surface area contributed by atoms with E-state index in [1.54, 1.807) is 6.07 Å². The smallest absolute Gasteiger partial charge is 0.318 e. The third-order valence-corrected chi connectivity index (χ3v) is 4.31. The molecule has 0 saturated carbocycles. The van der Waals surface area contributed by atoms with Crippen LogP contribution < -0.4 is 5.43 Å². The van der Waals surface area contributed by atoms with Crippen LogP contribution in [0, 0.1) is 13.8 Å². The molecule has 0 aliphatic heterocycles. The highest BCUT2D eigenvalue weighted by Gasteiger charge is 2.29. The van der Waals surface area contributed by atoms with Crippen molar-refractivity contribution in [2.75, 3.05) is 0 Å². The highest BCUT2D eigenvalue weighted by molar-refractivity contribution is 5.96. The van der Waals surface area contributed by atoms with E-state index in [2.05, 4.69) is 10.5 Å². The highest BCUT2D eigenvalue weighted by atomic mass is 19.4. The second kappa shape index (κ2) is 7.72. The number of aromatic nitrogens is 1. The summed E-state index contributed by atoms with van der Waals surface area (Å²) in [6.07, 6.45) is -3.08. The van der Waals surface area contributed by atoms with E-state index in [1.165, 1.54) is 18.3 Å². The number of hydrazone groups is 1. The Labute approximate surface area is 160 Å². The summed E-state index contributed by atoms with van der Waals surface area (Å²) in [5.41, 5.74) is 5.23. The first-order valence-electron chi connectivity index (χ1n) is 8.52. The van der Waals surface area contributed by atoms with Crippen molar-refractivity contribution in [1.29, 1.82) is 0 Å². The summed E-state index contributed by atoms with van der Waals surface area (Å²) < 4.78 is 39.7. The molecule has 1 heterocycles. The van der Waals surface area contributed by atoms with Crippen LogP contribution in [-0.4, -0.2) is 16.7 Å². The number of hydrogen-bond donors (Lipinski definition) is 1. The fourth-order valence-corrected chi connectivity index (χ4v) is 2.95. The Bertz CT molecular complexity index is 1000. The van der Waals surface area contributed by atoms with Crippen molar-refractivity contribution in [3.8, 4) is 5.69 Å². The number of nitrogens with one attached hydrogen (secondary N) is 1. The average molecular weight is 385 g/mol. The van der Waals surface area contributed by atoms with Gasteiger partial charge in [0, 0.05) is 17.1 Å². The maximum absolute atomic E-state index is 12.6. The molecule has 0 atom stereocenters. The highest BCUT2D eigenvalue weighted by Crippen LogP contribution is 2.28. The second-order valence-corrected chi connectivity index (χ2v) is 6.27. The SMILES string of the molecule is Cc1cc(C(=O)N/N=C\c2ccc(C(F)(F)F)cc2)c(C)n1-c1ccccc1. The van der Waals surface area contributed by atoms with Gasteiger partial charge in [-0.25, -0.2) is 5.43 Å². The minimum absolute atomic E-state index is 0.390. The van der Waals surface area contributed by atoms with E-state index in [0.29, 0.717) is 11.1 Å². The number of rotatable bonds is 4. The standard InChI is InChI=1S/C21H18F3N3O/c1-14-12-19(15(2)27(14)18-6-4-3-5-7-18)20(28)26-25-13-16-8-10-17(11-9-16)21(22,23)24/h3-13H,1-2H3,(H,26,28)/b25-13-. The van der Waals surface area contributed by atoms with Gasteiger partial charge in [-0.1, -0.05) is 30.3 Å². The molecular weight excluding hydrogens is 367 g/mol. The Hall–Kier alpha value is -3.35. The molecule has 0 fully saturated rings. The summed E-state index contributed by atoms with van der Waals surface area (Å²) in [5.74, 6) is -0.390. The van der Waals surface area contributed by atoms with Crippen molar-refractivity contribution >= 4 is 12.1 Å². The average Bonchev–Trinajstić information content (AvgIpc) is 2.96. The van der Waals surface area contributed by atoms with Crippen LogP contribution in [0.4, 0.5) is 13.2 Å². The number of halogens is 3. The van der Waals surface area contributed by atoms with Crippen molar-refractivity contribution in [1.82, 2.24) is 9.99 Å². The van der Waals surface area contributed by atoms with Crippen LogP contribution in [0.3, 0.4) is 0 Å². The zero-order chi connectivity index (χ0) is 20.3. The molecule has 1 N–H and O–H groups in total. The van der Waals surface area contributed by atoms with Gasteiger partial charge in [0.1, 0.15) is 0 Å². The molecule has 144 valence electrons. The maximum atomic E-state index is 12.6. The number of aryl methyl sites for hydroxylation is 1. The third kappa shape index (κ3) is 4.14. The summed E-state index contributed by atoms with van der Waals surface area (Å²) in [7, 11) is 0. The summed E-state index contributed by atoms with van der Waals surface area (Å²) in [5, 5.41) is 3.85. The molecule has 0 aliphatic rings. The quantitative estimate of drug-likeness (QED) is 0.505. The van der Waals surface area contributed by atoms with Crippen LogP contribution in [0.2, 0.25) is 0 Å². The van der Waals surface area contributed by atoms with Crippen LogP contribution in [0.25, 0.3) is 5.69 Å². The van der Waals surface area contributed by atoms with E-state index in [9.17, 15) is 18.0 Å². The first-order chi connectivity index (χ1) is 13.3. The third-order valence-electron chi connectivity index (χ3n) is 4.31. The number of amides is 1. The number of carbonyl (C=O) groups excluding carboxylic acids is 1. The van der Waals surface area contributed by atoms with Gasteiger partial charge in [0.2, 0.25) is 0 Å². The molecular formula is C21H18F3N3O. The van der Waals surface area contributed by atoms with Crippen molar-refractivity contribution < 1.29 is 18.0 Å². The molecule has 0 radical (unpaired) electrons. The van der Waals surface area contributed by atoms with Gasteiger partial charge in [-0.3, -0.25) is 4.79 Å². The molecule has 0 spiro atoms. The molecule has 0 bridgehead atoms. The van der Waals surface area contributed by atoms with Gasteiger partial charge >= 0.3 is 6.18 Å². The molecule has 7 heteroatoms. The predicted molar refractivity (Wildman–Crippen MR) is 102 cm³/mol. The van der Waals surface area contributed by atoms with Gasteiger partial charge in [0.25, 0.3) is 5.91 Å². The number of carbonyl (C=O) groups is 1. The molecule has 0 unspecified atom stereocenters. The van der Waals surface area contributed by atoms with Crippen LogP contribution in [0.15, 0.2) is 65.8 Å². The zero-order valence-corrected chi connectivity index (χ0v) is 15.3. The molecule has 4 nitrogen and oxygen atoms in total. The predicted octanol–water partition coefficient (Wildman–Crippen LogP) is 4.88. The van der Waals surface area contributed by atoms with E-state index in [-0.39, 0.29) is 0 Å². The van der Waals surface area contributed by atoms with Crippen molar-refractivity contribution in [3.63, 3.8) is 0 Å². The molecule has 3 rings (SSSR count). The molecule has 28 heavy (non-hydrogen) atoms. The molecule has 3 aromatic rings. The summed E-state index contributed by atoms with van der Waals surface area (Å²) in [4.78, 5) is 12.5. The Morgan fingerprint density at radius 2 is 1.68 bits per heavy atom. The fourth-order valence-electron chi connectivity index (χ4n) is 2.95. The number of para-hydroxylation sites is 1. The Kier molecular flexibility index (Phi) is 5.35. The second-order valence-electron chi connectivity index (χ2n) is 6.27. The van der Waals surface area contributed by atoms with E-state index in [0.717, 1.165) is 29.2 Å². The molecule has 0 aliphatic carbocycles. The number of alkyl halides is 3. The van der Waals surface area contributed by atoms with E-state index >= 15 is 0 Å². The molecule has 1 amide bonds. The largest absolute Gasteiger partial charge is 0.416 e. The summed E-state index contributed by atoms with van der Waals surface area (Å²) in [6.45, 7) is 3.75. The number of benzene rings is 2. The lowest BCUT2D eigenvalue weighted by Crippen LogP contribution is -2.18. The van der Waals surface area contributed by atoms with Crippen molar-refractivity contribution in [2.45, 2.75) is 20.0 Å². The van der Waals surface area contributed by atoms with Gasteiger partial charge in [0.15, 0.2) is 0 Å². The zero-order valence-electron chi connectivity index (χ0n) is 15.3. The lowest BCUT2D eigenvalue weighted by molar-refractivity contribution is -0.137. The fraction of sp³-hybridized carbons (Fsp3) is 0.143. The lowest BCUT2D eigenvalue weighted by atomic mass is 10.1. The lowest BCUT2D eigenvalue weighted by Gasteiger charge is -2.09. The van der Waals surface area contributed by atoms with E-state index < -0.39 is 17.6 Å². The van der Waals surface area contributed by atoms with Crippen LogP contribution in [-0.2, 0) is 6.18 Å². The molecule has 0 saturated heterocycles. The van der Waals surface area contributed by atoms with Gasteiger partial charge in [-0.05, 0) is 49.7 Å². The van der Waals surface area contributed by atoms with E-state index in [4.69, 9.17) is 0 Å². The van der Waals surface area contributed by atoms with Crippen LogP contribution in [0.5, 0.6) is 0 Å². The van der Waals surface area contributed by atoms with Crippen molar-refractivity contribution in [3.05, 3.63) is 88.7 Å². The Morgan fingerprint density at radius 3 is 2.29 bits per heavy atom. The molecule has 1 aromatic heterocycles. The summed E-state index contributed by atoms with van der Waals surface area (Å²) in [6, 6.07) is 15.9. The Morgan fingerprint density at radius 1 is 1.04 bits per heavy atom.